The van der Waals surface area contributed by atoms with Crippen molar-refractivity contribution in [2.75, 3.05) is 72.1 Å². The van der Waals surface area contributed by atoms with Gasteiger partial charge in [-0.3, -0.25) is 24.0 Å². The summed E-state index contributed by atoms with van der Waals surface area (Å²) in [6.07, 6.45) is 15.0. The third-order valence-electron chi connectivity index (χ3n) is 11.8. The molecule has 0 saturated carbocycles. The number of nitrogens with zero attached hydrogens (tertiary/aromatic N) is 4. The maximum atomic E-state index is 14.6. The first-order valence-electron chi connectivity index (χ1n) is 23.1. The number of hydrogen-bond donors (Lipinski definition) is 4. The number of rotatable bonds is 37. The molecule has 13 nitrogen and oxygen atoms in total. The van der Waals surface area contributed by atoms with Crippen LogP contribution in [0.25, 0.3) is 0 Å². The highest BCUT2D eigenvalue weighted by atomic mass is 16.3. The first-order chi connectivity index (χ1) is 27.8. The zero-order valence-electron chi connectivity index (χ0n) is 38.3. The molecule has 0 rings (SSSR count). The van der Waals surface area contributed by atoms with Gasteiger partial charge in [-0.25, -0.2) is 0 Å². The molecule has 340 valence electrons. The Morgan fingerprint density at radius 1 is 0.466 bits per heavy atom. The standard InChI is InChI=1S/C45H88N6O7/c1-9-17-21-36(13-5)26-48(30-41(46)54)43(56)32-50(28-38(15-7)23-19-11-3)45(58)33-51(29-39(16-8)24-20-12-4)44(57)31-49(27-37(14-6)22-18-10-2)42(55)25-47-40(34-52)35-53/h36-40,47,52-53H,9-35H2,1-8H3,(H2,46,54). The second kappa shape index (κ2) is 34.0. The third-order valence-corrected chi connectivity index (χ3v) is 11.8. The predicted octanol–water partition coefficient (Wildman–Crippen LogP) is 5.59. The van der Waals surface area contributed by atoms with Gasteiger partial charge in [0.05, 0.1) is 52.0 Å². The molecule has 58 heavy (non-hydrogen) atoms. The number of primary amides is 1. The van der Waals surface area contributed by atoms with Crippen LogP contribution in [0.3, 0.4) is 0 Å². The lowest BCUT2D eigenvalue weighted by molar-refractivity contribution is -0.147. The minimum Gasteiger partial charge on any atom is -0.395 e. The average Bonchev–Trinajstić information content (AvgIpc) is 3.21. The van der Waals surface area contributed by atoms with Crippen LogP contribution >= 0.6 is 0 Å². The Hall–Kier alpha value is -2.77. The van der Waals surface area contributed by atoms with Crippen molar-refractivity contribution in [3.05, 3.63) is 0 Å². The quantitative estimate of drug-likeness (QED) is 0.0627. The molecule has 4 unspecified atom stereocenters. The molecule has 0 aromatic rings. The van der Waals surface area contributed by atoms with E-state index in [2.05, 4.69) is 60.7 Å². The van der Waals surface area contributed by atoms with Crippen molar-refractivity contribution in [2.45, 2.75) is 164 Å². The zero-order valence-corrected chi connectivity index (χ0v) is 38.3. The maximum absolute atomic E-state index is 14.6. The van der Waals surface area contributed by atoms with Gasteiger partial charge in [0.25, 0.3) is 0 Å². The number of carbonyl (C=O) groups is 5. The first-order valence-corrected chi connectivity index (χ1v) is 23.1. The van der Waals surface area contributed by atoms with Gasteiger partial charge in [0.15, 0.2) is 0 Å². The molecule has 0 radical (unpaired) electrons. The van der Waals surface area contributed by atoms with Gasteiger partial charge in [0, 0.05) is 26.2 Å². The van der Waals surface area contributed by atoms with E-state index in [9.17, 15) is 34.2 Å². The molecule has 4 atom stereocenters. The highest BCUT2D eigenvalue weighted by Gasteiger charge is 2.31. The van der Waals surface area contributed by atoms with Gasteiger partial charge in [0.1, 0.15) is 0 Å². The fraction of sp³-hybridized carbons (Fsp3) is 0.889. The van der Waals surface area contributed by atoms with Crippen LogP contribution in [0.5, 0.6) is 0 Å². The molecule has 5 N–H and O–H groups in total. The fourth-order valence-corrected chi connectivity index (χ4v) is 7.44. The third kappa shape index (κ3) is 23.7. The lowest BCUT2D eigenvalue weighted by atomic mass is 9.97. The Bertz CT molecular complexity index is 1120. The molecule has 0 spiro atoms. The van der Waals surface area contributed by atoms with Gasteiger partial charge in [-0.2, -0.15) is 0 Å². The molecule has 0 bridgehead atoms. The minimum absolute atomic E-state index is 0.147. The van der Waals surface area contributed by atoms with Gasteiger partial charge in [-0.05, 0) is 49.4 Å². The average molecular weight is 825 g/mol. The molecular weight excluding hydrogens is 737 g/mol. The maximum Gasteiger partial charge on any atom is 0.242 e. The summed E-state index contributed by atoms with van der Waals surface area (Å²) in [5, 5.41) is 22.1. The van der Waals surface area contributed by atoms with E-state index < -0.39 is 11.9 Å². The molecule has 0 aliphatic rings. The molecule has 0 aliphatic heterocycles. The molecule has 0 saturated heterocycles. The van der Waals surface area contributed by atoms with Gasteiger partial charge in [-0.1, -0.05) is 132 Å². The molecule has 13 heteroatoms. The predicted molar refractivity (Wildman–Crippen MR) is 235 cm³/mol. The second-order valence-electron chi connectivity index (χ2n) is 16.7. The summed E-state index contributed by atoms with van der Waals surface area (Å²) in [7, 11) is 0. The summed E-state index contributed by atoms with van der Waals surface area (Å²) < 4.78 is 0. The van der Waals surface area contributed by atoms with Crippen LogP contribution in [0.1, 0.15) is 158 Å². The van der Waals surface area contributed by atoms with E-state index >= 15 is 0 Å². The molecule has 0 aromatic heterocycles. The molecule has 0 aliphatic carbocycles. The Morgan fingerprint density at radius 2 is 0.741 bits per heavy atom. The molecule has 0 aromatic carbocycles. The van der Waals surface area contributed by atoms with Gasteiger partial charge < -0.3 is 40.9 Å². The van der Waals surface area contributed by atoms with Crippen molar-refractivity contribution in [1.82, 2.24) is 24.9 Å². The topological polar surface area (TPSA) is 177 Å². The van der Waals surface area contributed by atoms with Gasteiger partial charge in [-0.15, -0.1) is 0 Å². The summed E-state index contributed by atoms with van der Waals surface area (Å²) in [5.74, 6) is -1.21. The smallest absolute Gasteiger partial charge is 0.242 e. The number of aliphatic hydroxyl groups excluding tert-OH is 2. The van der Waals surface area contributed by atoms with E-state index in [4.69, 9.17) is 5.73 Å². The number of unbranched alkanes of at least 4 members (excludes halogenated alkanes) is 4. The number of amides is 5. The number of aliphatic hydroxyl groups is 2. The first kappa shape index (κ1) is 55.2. The SMILES string of the molecule is CCCCC(CC)CN(CC(N)=O)C(=O)CN(CC(CC)CCCC)C(=O)CN(CC(CC)CCCC)C(=O)CN(CC(CC)CCCC)C(=O)CNC(CO)CO. The van der Waals surface area contributed by atoms with Crippen molar-refractivity contribution in [1.29, 1.82) is 0 Å². The van der Waals surface area contributed by atoms with Crippen LogP contribution in [0.15, 0.2) is 0 Å². The van der Waals surface area contributed by atoms with Crippen LogP contribution in [0.4, 0.5) is 0 Å². The van der Waals surface area contributed by atoms with Crippen LogP contribution in [-0.2, 0) is 24.0 Å². The zero-order chi connectivity index (χ0) is 43.9. The fourth-order valence-electron chi connectivity index (χ4n) is 7.44. The van der Waals surface area contributed by atoms with E-state index in [1.54, 1.807) is 14.7 Å². The van der Waals surface area contributed by atoms with Crippen molar-refractivity contribution in [3.8, 4) is 0 Å². The molecule has 5 amide bonds. The van der Waals surface area contributed by atoms with Crippen molar-refractivity contribution >= 4 is 29.5 Å². The summed E-state index contributed by atoms with van der Waals surface area (Å²) in [4.78, 5) is 75.5. The largest absolute Gasteiger partial charge is 0.395 e. The monoisotopic (exact) mass is 825 g/mol. The summed E-state index contributed by atoms with van der Waals surface area (Å²) in [6.45, 7) is 16.6. The van der Waals surface area contributed by atoms with Crippen LogP contribution < -0.4 is 11.1 Å². The normalized spacial score (nSPS) is 13.5. The van der Waals surface area contributed by atoms with Crippen molar-refractivity contribution in [2.24, 2.45) is 29.4 Å². The highest BCUT2D eigenvalue weighted by Crippen LogP contribution is 2.20. The summed E-state index contributed by atoms with van der Waals surface area (Å²) in [6, 6.07) is -0.664. The van der Waals surface area contributed by atoms with Gasteiger partial charge in [0.2, 0.25) is 29.5 Å². The van der Waals surface area contributed by atoms with Crippen LogP contribution in [-0.4, -0.2) is 138 Å². The van der Waals surface area contributed by atoms with Crippen molar-refractivity contribution < 1.29 is 34.2 Å². The highest BCUT2D eigenvalue weighted by molar-refractivity contribution is 5.91. The summed E-state index contributed by atoms with van der Waals surface area (Å²) >= 11 is 0. The summed E-state index contributed by atoms with van der Waals surface area (Å²) in [5.41, 5.74) is 5.65. The van der Waals surface area contributed by atoms with E-state index in [-0.39, 0.29) is 93.2 Å². The molecule has 0 heterocycles. The number of hydrogen-bond acceptors (Lipinski definition) is 8. The number of nitrogens with two attached hydrogens (primary N) is 1. The van der Waals surface area contributed by atoms with Crippen LogP contribution in [0.2, 0.25) is 0 Å². The number of nitrogens with one attached hydrogen (secondary N) is 1. The lowest BCUT2D eigenvalue weighted by Crippen LogP contribution is -2.53. The lowest BCUT2D eigenvalue weighted by Gasteiger charge is -2.35. The van der Waals surface area contributed by atoms with Crippen LogP contribution in [0, 0.1) is 23.7 Å². The molecule has 0 fully saturated rings. The van der Waals surface area contributed by atoms with Gasteiger partial charge >= 0.3 is 0 Å². The Morgan fingerprint density at radius 3 is 0.983 bits per heavy atom. The second-order valence-corrected chi connectivity index (χ2v) is 16.7. The number of carbonyl (C=O) groups excluding carboxylic acids is 5. The van der Waals surface area contributed by atoms with Crippen molar-refractivity contribution in [3.63, 3.8) is 0 Å². The van der Waals surface area contributed by atoms with E-state index in [1.165, 1.54) is 4.90 Å². The van der Waals surface area contributed by atoms with E-state index in [0.717, 1.165) is 103 Å². The molecular formula is C45H88N6O7. The Kier molecular flexibility index (Phi) is 32.4. The van der Waals surface area contributed by atoms with E-state index in [1.807, 2.05) is 0 Å². The van der Waals surface area contributed by atoms with E-state index in [0.29, 0.717) is 26.2 Å². The minimum atomic E-state index is -0.664. The Labute approximate surface area is 353 Å². The Balaban J connectivity index is 6.87.